The molecule has 1 saturated heterocycles. The van der Waals surface area contributed by atoms with Crippen molar-refractivity contribution in [1.82, 2.24) is 5.32 Å². The highest BCUT2D eigenvalue weighted by atomic mass is 79.9. The van der Waals surface area contributed by atoms with Crippen LogP contribution in [0.25, 0.3) is 0 Å². The zero-order valence-electron chi connectivity index (χ0n) is 8.11. The van der Waals surface area contributed by atoms with E-state index >= 15 is 0 Å². The maximum atomic E-state index is 11.0. The second-order valence-corrected chi connectivity index (χ2v) is 4.64. The minimum Gasteiger partial charge on any atom is -0.480 e. The fourth-order valence-electron chi connectivity index (χ4n) is 2.06. The van der Waals surface area contributed by atoms with Gasteiger partial charge in [-0.25, -0.2) is 0 Å². The van der Waals surface area contributed by atoms with E-state index in [2.05, 4.69) is 21.2 Å². The molecule has 1 aliphatic heterocycles. The Morgan fingerprint density at radius 2 is 2.33 bits per heavy atom. The normalized spacial score (nSPS) is 25.4. The van der Waals surface area contributed by atoms with Gasteiger partial charge < -0.3 is 10.4 Å². The largest absolute Gasteiger partial charge is 0.480 e. The molecule has 1 aromatic carbocycles. The topological polar surface area (TPSA) is 49.3 Å². The van der Waals surface area contributed by atoms with Crippen LogP contribution in [0.1, 0.15) is 17.9 Å². The third-order valence-electron chi connectivity index (χ3n) is 2.76. The zero-order chi connectivity index (χ0) is 10.8. The van der Waals surface area contributed by atoms with E-state index in [0.717, 1.165) is 23.0 Å². The molecule has 0 spiro atoms. The van der Waals surface area contributed by atoms with Crippen LogP contribution in [-0.4, -0.2) is 23.7 Å². The van der Waals surface area contributed by atoms with E-state index < -0.39 is 12.0 Å². The Balaban J connectivity index is 2.26. The zero-order valence-corrected chi connectivity index (χ0v) is 9.70. The van der Waals surface area contributed by atoms with Crippen molar-refractivity contribution in [3.05, 3.63) is 34.3 Å². The van der Waals surface area contributed by atoms with Gasteiger partial charge in [-0.15, -0.1) is 0 Å². The van der Waals surface area contributed by atoms with Crippen LogP contribution >= 0.6 is 15.9 Å². The van der Waals surface area contributed by atoms with Crippen molar-refractivity contribution in [3.63, 3.8) is 0 Å². The number of aliphatic carboxylic acids is 1. The number of carboxylic acid groups (broad SMARTS) is 1. The average Bonchev–Trinajstić information content (AvgIpc) is 2.65. The molecule has 0 aliphatic carbocycles. The van der Waals surface area contributed by atoms with Gasteiger partial charge in [-0.05, 0) is 30.7 Å². The monoisotopic (exact) mass is 269 g/mol. The molecule has 0 radical (unpaired) electrons. The molecular formula is C11H12BrNO2. The molecule has 1 aliphatic rings. The maximum absolute atomic E-state index is 11.0. The first-order valence-electron chi connectivity index (χ1n) is 4.90. The van der Waals surface area contributed by atoms with Crippen molar-refractivity contribution in [3.8, 4) is 0 Å². The van der Waals surface area contributed by atoms with Crippen molar-refractivity contribution in [1.29, 1.82) is 0 Å². The van der Waals surface area contributed by atoms with Crippen LogP contribution in [0.4, 0.5) is 0 Å². The minimum absolute atomic E-state index is 0.0833. The van der Waals surface area contributed by atoms with Crippen LogP contribution < -0.4 is 5.32 Å². The van der Waals surface area contributed by atoms with Crippen molar-refractivity contribution in [2.24, 2.45) is 0 Å². The maximum Gasteiger partial charge on any atom is 0.321 e. The second-order valence-electron chi connectivity index (χ2n) is 3.72. The van der Waals surface area contributed by atoms with Crippen molar-refractivity contribution >= 4 is 21.9 Å². The molecule has 0 bridgehead atoms. The number of rotatable bonds is 2. The summed E-state index contributed by atoms with van der Waals surface area (Å²) in [5.41, 5.74) is 1.08. The average molecular weight is 270 g/mol. The standard InChI is InChI=1S/C11H12BrNO2/c12-8-3-1-2-7(6-8)9-4-5-13-10(9)11(14)15/h1-3,6,9-10,13H,4-5H2,(H,14,15)/t9-,10+/m0/s1. The fraction of sp³-hybridized carbons (Fsp3) is 0.364. The highest BCUT2D eigenvalue weighted by molar-refractivity contribution is 9.10. The van der Waals surface area contributed by atoms with Gasteiger partial charge in [0.25, 0.3) is 0 Å². The molecule has 0 unspecified atom stereocenters. The van der Waals surface area contributed by atoms with E-state index in [4.69, 9.17) is 5.11 Å². The number of carbonyl (C=O) groups is 1. The Morgan fingerprint density at radius 1 is 1.53 bits per heavy atom. The van der Waals surface area contributed by atoms with E-state index in [1.165, 1.54) is 0 Å². The van der Waals surface area contributed by atoms with Crippen LogP contribution in [0.2, 0.25) is 0 Å². The number of hydrogen-bond acceptors (Lipinski definition) is 2. The number of halogens is 1. The summed E-state index contributed by atoms with van der Waals surface area (Å²) >= 11 is 3.40. The molecule has 1 aromatic rings. The van der Waals surface area contributed by atoms with Gasteiger partial charge in [0, 0.05) is 10.4 Å². The van der Waals surface area contributed by atoms with Crippen LogP contribution in [-0.2, 0) is 4.79 Å². The first kappa shape index (κ1) is 10.6. The van der Waals surface area contributed by atoms with Gasteiger partial charge in [-0.3, -0.25) is 4.79 Å². The number of benzene rings is 1. The summed E-state index contributed by atoms with van der Waals surface area (Å²) in [5.74, 6) is -0.683. The van der Waals surface area contributed by atoms with Gasteiger partial charge in [-0.2, -0.15) is 0 Å². The molecule has 1 heterocycles. The first-order valence-corrected chi connectivity index (χ1v) is 5.69. The lowest BCUT2D eigenvalue weighted by Gasteiger charge is -2.15. The Labute approximate surface area is 96.6 Å². The molecule has 15 heavy (non-hydrogen) atoms. The summed E-state index contributed by atoms with van der Waals surface area (Å²) in [6, 6.07) is 7.42. The lowest BCUT2D eigenvalue weighted by atomic mass is 9.92. The van der Waals surface area contributed by atoms with Gasteiger partial charge in [0.2, 0.25) is 0 Å². The summed E-state index contributed by atoms with van der Waals surface area (Å²) < 4.78 is 0.996. The molecule has 2 rings (SSSR count). The molecule has 2 atom stereocenters. The lowest BCUT2D eigenvalue weighted by molar-refractivity contribution is -0.139. The summed E-state index contributed by atoms with van der Waals surface area (Å²) in [7, 11) is 0. The Kier molecular flexibility index (Phi) is 3.07. The van der Waals surface area contributed by atoms with Crippen LogP contribution in [0.15, 0.2) is 28.7 Å². The first-order chi connectivity index (χ1) is 7.18. The third kappa shape index (κ3) is 2.21. The summed E-state index contributed by atoms with van der Waals surface area (Å²) in [5, 5.41) is 12.0. The van der Waals surface area contributed by atoms with Crippen LogP contribution in [0.5, 0.6) is 0 Å². The van der Waals surface area contributed by atoms with Crippen LogP contribution in [0.3, 0.4) is 0 Å². The predicted molar refractivity (Wildman–Crippen MR) is 60.9 cm³/mol. The molecule has 3 nitrogen and oxygen atoms in total. The van der Waals surface area contributed by atoms with Gasteiger partial charge in [0.15, 0.2) is 0 Å². The lowest BCUT2D eigenvalue weighted by Crippen LogP contribution is -2.34. The van der Waals surface area contributed by atoms with Gasteiger partial charge in [-0.1, -0.05) is 28.1 Å². The SMILES string of the molecule is O=C(O)[C@@H]1NCC[C@H]1c1cccc(Br)c1. The van der Waals surface area contributed by atoms with E-state index in [9.17, 15) is 4.79 Å². The quantitative estimate of drug-likeness (QED) is 0.863. The van der Waals surface area contributed by atoms with Gasteiger partial charge in [0.05, 0.1) is 0 Å². The molecular weight excluding hydrogens is 258 g/mol. The summed E-state index contributed by atoms with van der Waals surface area (Å²) in [6.45, 7) is 0.772. The molecule has 0 aromatic heterocycles. The number of hydrogen-bond donors (Lipinski definition) is 2. The third-order valence-corrected chi connectivity index (χ3v) is 3.26. The molecule has 1 fully saturated rings. The van der Waals surface area contributed by atoms with Crippen LogP contribution in [0, 0.1) is 0 Å². The smallest absolute Gasteiger partial charge is 0.321 e. The van der Waals surface area contributed by atoms with Gasteiger partial charge in [0.1, 0.15) is 6.04 Å². The number of nitrogens with one attached hydrogen (secondary N) is 1. The van der Waals surface area contributed by atoms with E-state index in [1.54, 1.807) is 0 Å². The Morgan fingerprint density at radius 3 is 3.00 bits per heavy atom. The molecule has 80 valence electrons. The van der Waals surface area contributed by atoms with Crippen molar-refractivity contribution in [2.75, 3.05) is 6.54 Å². The van der Waals surface area contributed by atoms with E-state index in [-0.39, 0.29) is 5.92 Å². The second kappa shape index (κ2) is 4.33. The molecule has 0 amide bonds. The Hall–Kier alpha value is -0.870. The number of carboxylic acids is 1. The highest BCUT2D eigenvalue weighted by Gasteiger charge is 2.33. The summed E-state index contributed by atoms with van der Waals surface area (Å²) in [6.07, 6.45) is 0.882. The summed E-state index contributed by atoms with van der Waals surface area (Å²) in [4.78, 5) is 11.0. The molecule has 4 heteroatoms. The Bertz CT molecular complexity index is 381. The molecule has 2 N–H and O–H groups in total. The van der Waals surface area contributed by atoms with E-state index in [1.807, 2.05) is 24.3 Å². The van der Waals surface area contributed by atoms with Crippen molar-refractivity contribution in [2.45, 2.75) is 18.4 Å². The van der Waals surface area contributed by atoms with E-state index in [0.29, 0.717) is 0 Å². The minimum atomic E-state index is -0.766. The fourth-order valence-corrected chi connectivity index (χ4v) is 2.48. The van der Waals surface area contributed by atoms with Gasteiger partial charge >= 0.3 is 5.97 Å². The highest BCUT2D eigenvalue weighted by Crippen LogP contribution is 2.29. The predicted octanol–water partition coefficient (Wildman–Crippen LogP) is 1.98. The van der Waals surface area contributed by atoms with Crippen molar-refractivity contribution < 1.29 is 9.90 Å². The molecule has 0 saturated carbocycles.